The van der Waals surface area contributed by atoms with E-state index < -0.39 is 12.6 Å². The van der Waals surface area contributed by atoms with Gasteiger partial charge in [0.05, 0.1) is 6.61 Å². The van der Waals surface area contributed by atoms with E-state index in [0.717, 1.165) is 6.42 Å². The molecule has 0 aliphatic carbocycles. The van der Waals surface area contributed by atoms with E-state index in [-0.39, 0.29) is 13.0 Å². The SMILES string of the molecule is CCCCCCc1ccc(OCCCC(F)(F)F)cc1. The maximum atomic E-state index is 12.0. The van der Waals surface area contributed by atoms with Crippen molar-refractivity contribution in [3.8, 4) is 5.75 Å². The molecule has 4 heteroatoms. The van der Waals surface area contributed by atoms with Gasteiger partial charge in [0, 0.05) is 6.42 Å². The first-order valence-corrected chi connectivity index (χ1v) is 7.30. The van der Waals surface area contributed by atoms with Gasteiger partial charge >= 0.3 is 6.18 Å². The summed E-state index contributed by atoms with van der Waals surface area (Å²) in [6, 6.07) is 7.65. The van der Waals surface area contributed by atoms with Crippen LogP contribution in [0.4, 0.5) is 13.2 Å². The second kappa shape index (κ2) is 8.88. The molecule has 0 aliphatic rings. The van der Waals surface area contributed by atoms with E-state index >= 15 is 0 Å². The van der Waals surface area contributed by atoms with Gasteiger partial charge in [-0.25, -0.2) is 0 Å². The van der Waals surface area contributed by atoms with Crippen molar-refractivity contribution < 1.29 is 17.9 Å². The predicted molar refractivity (Wildman–Crippen MR) is 75.1 cm³/mol. The van der Waals surface area contributed by atoms with Gasteiger partial charge in [-0.3, -0.25) is 0 Å². The van der Waals surface area contributed by atoms with Crippen molar-refractivity contribution in [2.24, 2.45) is 0 Å². The molecule has 1 nitrogen and oxygen atoms in total. The minimum atomic E-state index is -4.09. The Hall–Kier alpha value is -1.19. The van der Waals surface area contributed by atoms with Gasteiger partial charge in [-0.1, -0.05) is 38.3 Å². The van der Waals surface area contributed by atoms with E-state index in [1.165, 1.54) is 31.2 Å². The largest absolute Gasteiger partial charge is 0.494 e. The van der Waals surface area contributed by atoms with E-state index in [9.17, 15) is 13.2 Å². The lowest BCUT2D eigenvalue weighted by molar-refractivity contribution is -0.136. The average molecular weight is 288 g/mol. The number of hydrogen-bond acceptors (Lipinski definition) is 1. The summed E-state index contributed by atoms with van der Waals surface area (Å²) < 4.78 is 41.2. The summed E-state index contributed by atoms with van der Waals surface area (Å²) >= 11 is 0. The fourth-order valence-electron chi connectivity index (χ4n) is 1.97. The molecule has 0 saturated carbocycles. The van der Waals surface area contributed by atoms with Crippen LogP contribution in [-0.2, 0) is 6.42 Å². The molecule has 0 fully saturated rings. The highest BCUT2D eigenvalue weighted by Crippen LogP contribution is 2.21. The molecule has 0 bridgehead atoms. The highest BCUT2D eigenvalue weighted by molar-refractivity contribution is 5.27. The monoisotopic (exact) mass is 288 g/mol. The fraction of sp³-hybridized carbons (Fsp3) is 0.625. The molecule has 0 heterocycles. The minimum Gasteiger partial charge on any atom is -0.494 e. The zero-order chi connectivity index (χ0) is 14.8. The molecule has 1 rings (SSSR count). The first-order valence-electron chi connectivity index (χ1n) is 7.30. The van der Waals surface area contributed by atoms with Crippen LogP contribution in [0, 0.1) is 0 Å². The molecule has 0 unspecified atom stereocenters. The molecular weight excluding hydrogens is 265 g/mol. The predicted octanol–water partition coefficient (Wildman–Crippen LogP) is 5.53. The highest BCUT2D eigenvalue weighted by Gasteiger charge is 2.26. The maximum Gasteiger partial charge on any atom is 0.389 e. The first kappa shape index (κ1) is 16.9. The Morgan fingerprint density at radius 1 is 0.950 bits per heavy atom. The van der Waals surface area contributed by atoms with Gasteiger partial charge in [0.2, 0.25) is 0 Å². The molecule has 0 amide bonds. The Kier molecular flexibility index (Phi) is 7.48. The third-order valence-corrected chi connectivity index (χ3v) is 3.12. The number of aryl methyl sites for hydroxylation is 1. The molecule has 20 heavy (non-hydrogen) atoms. The van der Waals surface area contributed by atoms with Gasteiger partial charge in [0.15, 0.2) is 0 Å². The quantitative estimate of drug-likeness (QED) is 0.543. The zero-order valence-electron chi connectivity index (χ0n) is 12.0. The molecule has 0 aliphatic heterocycles. The third kappa shape index (κ3) is 8.08. The van der Waals surface area contributed by atoms with Gasteiger partial charge < -0.3 is 4.74 Å². The second-order valence-electron chi connectivity index (χ2n) is 5.02. The molecule has 0 spiro atoms. The van der Waals surface area contributed by atoms with Crippen molar-refractivity contribution in [3.63, 3.8) is 0 Å². The van der Waals surface area contributed by atoms with Crippen molar-refractivity contribution in [1.29, 1.82) is 0 Å². The maximum absolute atomic E-state index is 12.0. The molecule has 0 atom stereocenters. The van der Waals surface area contributed by atoms with Crippen molar-refractivity contribution in [1.82, 2.24) is 0 Å². The average Bonchev–Trinajstić information content (AvgIpc) is 2.40. The second-order valence-corrected chi connectivity index (χ2v) is 5.02. The lowest BCUT2D eigenvalue weighted by atomic mass is 10.1. The van der Waals surface area contributed by atoms with Crippen LogP contribution in [0.1, 0.15) is 51.0 Å². The Morgan fingerprint density at radius 2 is 1.65 bits per heavy atom. The Balaban J connectivity index is 2.21. The standard InChI is InChI=1S/C16H23F3O/c1-2-3-4-5-7-14-8-10-15(11-9-14)20-13-6-12-16(17,18)19/h8-11H,2-7,12-13H2,1H3. The van der Waals surface area contributed by atoms with Crippen LogP contribution in [0.15, 0.2) is 24.3 Å². The first-order chi connectivity index (χ1) is 9.51. The summed E-state index contributed by atoms with van der Waals surface area (Å²) in [5.41, 5.74) is 1.25. The normalized spacial score (nSPS) is 11.6. The number of alkyl halides is 3. The van der Waals surface area contributed by atoms with Gasteiger partial charge in [-0.2, -0.15) is 13.2 Å². The van der Waals surface area contributed by atoms with Crippen molar-refractivity contribution >= 4 is 0 Å². The van der Waals surface area contributed by atoms with Crippen molar-refractivity contribution in [3.05, 3.63) is 29.8 Å². The fourth-order valence-corrected chi connectivity index (χ4v) is 1.97. The molecule has 1 aromatic carbocycles. The van der Waals surface area contributed by atoms with Crippen LogP contribution in [0.25, 0.3) is 0 Å². The van der Waals surface area contributed by atoms with E-state index in [4.69, 9.17) is 4.74 Å². The van der Waals surface area contributed by atoms with Crippen LogP contribution in [0.2, 0.25) is 0 Å². The molecule has 0 N–H and O–H groups in total. The molecular formula is C16H23F3O. The number of halogens is 3. The van der Waals surface area contributed by atoms with Gasteiger partial charge in [-0.15, -0.1) is 0 Å². The van der Waals surface area contributed by atoms with Crippen LogP contribution >= 0.6 is 0 Å². The van der Waals surface area contributed by atoms with Crippen LogP contribution in [-0.4, -0.2) is 12.8 Å². The number of benzene rings is 1. The highest BCUT2D eigenvalue weighted by atomic mass is 19.4. The summed E-state index contributed by atoms with van der Waals surface area (Å²) in [7, 11) is 0. The number of ether oxygens (including phenoxy) is 1. The number of rotatable bonds is 9. The van der Waals surface area contributed by atoms with E-state index in [0.29, 0.717) is 5.75 Å². The number of unbranched alkanes of at least 4 members (excludes halogenated alkanes) is 3. The molecule has 0 saturated heterocycles. The summed E-state index contributed by atoms with van der Waals surface area (Å²) in [6.07, 6.45) is 1.09. The summed E-state index contributed by atoms with van der Waals surface area (Å²) in [5.74, 6) is 0.643. The van der Waals surface area contributed by atoms with Crippen LogP contribution < -0.4 is 4.74 Å². The van der Waals surface area contributed by atoms with Crippen LogP contribution in [0.3, 0.4) is 0 Å². The van der Waals surface area contributed by atoms with Crippen molar-refractivity contribution in [2.75, 3.05) is 6.61 Å². The topological polar surface area (TPSA) is 9.23 Å². The Labute approximate surface area is 119 Å². The smallest absolute Gasteiger partial charge is 0.389 e. The van der Waals surface area contributed by atoms with E-state index in [1.54, 1.807) is 0 Å². The van der Waals surface area contributed by atoms with Crippen molar-refractivity contribution in [2.45, 2.75) is 58.0 Å². The number of hydrogen-bond donors (Lipinski definition) is 0. The molecule has 0 aromatic heterocycles. The summed E-state index contributed by atoms with van der Waals surface area (Å²) in [5, 5.41) is 0. The lowest BCUT2D eigenvalue weighted by Gasteiger charge is -2.09. The third-order valence-electron chi connectivity index (χ3n) is 3.12. The van der Waals surface area contributed by atoms with E-state index in [2.05, 4.69) is 6.92 Å². The summed E-state index contributed by atoms with van der Waals surface area (Å²) in [6.45, 7) is 2.29. The zero-order valence-corrected chi connectivity index (χ0v) is 12.0. The molecule has 1 aromatic rings. The van der Waals surface area contributed by atoms with Gasteiger partial charge in [-0.05, 0) is 37.0 Å². The summed E-state index contributed by atoms with van der Waals surface area (Å²) in [4.78, 5) is 0. The van der Waals surface area contributed by atoms with Crippen LogP contribution in [0.5, 0.6) is 5.75 Å². The molecule has 0 radical (unpaired) electrons. The lowest BCUT2D eigenvalue weighted by Crippen LogP contribution is -2.09. The Bertz CT molecular complexity index is 357. The van der Waals surface area contributed by atoms with Gasteiger partial charge in [0.1, 0.15) is 5.75 Å². The van der Waals surface area contributed by atoms with E-state index in [1.807, 2.05) is 24.3 Å². The molecule has 114 valence electrons. The minimum absolute atomic E-state index is 0.00225. The van der Waals surface area contributed by atoms with Gasteiger partial charge in [0.25, 0.3) is 0 Å². The Morgan fingerprint density at radius 3 is 2.25 bits per heavy atom.